The van der Waals surface area contributed by atoms with Gasteiger partial charge in [0.25, 0.3) is 0 Å². The maximum Gasteiger partial charge on any atom is 0.132 e. The Morgan fingerprint density at radius 3 is 2.88 bits per heavy atom. The molecule has 0 bridgehead atoms. The maximum atomic E-state index is 9.86. The second-order valence-electron chi connectivity index (χ2n) is 5.06. The van der Waals surface area contributed by atoms with Gasteiger partial charge in [-0.3, -0.25) is 0 Å². The number of rotatable bonds is 2. The molecule has 1 heterocycles. The van der Waals surface area contributed by atoms with E-state index in [1.54, 1.807) is 0 Å². The van der Waals surface area contributed by atoms with Gasteiger partial charge in [-0.2, -0.15) is 0 Å². The molecule has 1 aromatic rings. The lowest BCUT2D eigenvalue weighted by molar-refractivity contribution is 0.375. The van der Waals surface area contributed by atoms with E-state index in [2.05, 4.69) is 34.2 Å². The van der Waals surface area contributed by atoms with Crippen LogP contribution in [0.4, 0.5) is 0 Å². The van der Waals surface area contributed by atoms with E-state index >= 15 is 0 Å². The van der Waals surface area contributed by atoms with Crippen LogP contribution in [0.15, 0.2) is 10.5 Å². The molecule has 1 unspecified atom stereocenters. The minimum Gasteiger partial charge on any atom is -0.506 e. The molecule has 1 fully saturated rings. The molecule has 1 atom stereocenters. The molecule has 2 N–H and O–H groups in total. The summed E-state index contributed by atoms with van der Waals surface area (Å²) in [6, 6.07) is 2.13. The van der Waals surface area contributed by atoms with Crippen molar-refractivity contribution in [1.82, 2.24) is 5.32 Å². The Hall–Kier alpha value is -0.540. The Balaban J connectivity index is 2.20. The first-order valence-electron chi connectivity index (χ1n) is 6.28. The third-order valence-corrected chi connectivity index (χ3v) is 4.66. The standard InChI is InChI=1S/C14H20BrNO/c1-9-6-12(10(2)13(15)14(9)17)7-11-4-3-5-16-8-11/h6,11,16-17H,3-5,7-8H2,1-2H3. The zero-order valence-electron chi connectivity index (χ0n) is 10.5. The van der Waals surface area contributed by atoms with Crippen LogP contribution in [0.1, 0.15) is 29.5 Å². The molecular weight excluding hydrogens is 278 g/mol. The van der Waals surface area contributed by atoms with Gasteiger partial charge in [-0.1, -0.05) is 6.07 Å². The molecule has 17 heavy (non-hydrogen) atoms. The minimum atomic E-state index is 0.382. The van der Waals surface area contributed by atoms with Crippen LogP contribution < -0.4 is 5.32 Å². The summed E-state index contributed by atoms with van der Waals surface area (Å²) < 4.78 is 0.858. The monoisotopic (exact) mass is 297 g/mol. The van der Waals surface area contributed by atoms with E-state index in [9.17, 15) is 5.11 Å². The van der Waals surface area contributed by atoms with Gasteiger partial charge in [0.1, 0.15) is 5.75 Å². The second-order valence-corrected chi connectivity index (χ2v) is 5.85. The highest BCUT2D eigenvalue weighted by atomic mass is 79.9. The van der Waals surface area contributed by atoms with E-state index in [0.717, 1.165) is 35.5 Å². The number of piperidine rings is 1. The highest BCUT2D eigenvalue weighted by Gasteiger charge is 2.17. The molecule has 0 saturated carbocycles. The molecule has 2 nitrogen and oxygen atoms in total. The third kappa shape index (κ3) is 2.83. The Morgan fingerprint density at radius 2 is 2.24 bits per heavy atom. The van der Waals surface area contributed by atoms with Crippen molar-refractivity contribution in [2.75, 3.05) is 13.1 Å². The lowest BCUT2D eigenvalue weighted by Gasteiger charge is -2.24. The van der Waals surface area contributed by atoms with E-state index in [0.29, 0.717) is 5.75 Å². The average molecular weight is 298 g/mol. The number of hydrogen-bond acceptors (Lipinski definition) is 2. The van der Waals surface area contributed by atoms with Crippen molar-refractivity contribution in [2.45, 2.75) is 33.1 Å². The number of halogens is 1. The molecule has 94 valence electrons. The molecular formula is C14H20BrNO. The van der Waals surface area contributed by atoms with Crippen LogP contribution in [0.25, 0.3) is 0 Å². The topological polar surface area (TPSA) is 32.3 Å². The van der Waals surface area contributed by atoms with Gasteiger partial charge >= 0.3 is 0 Å². The maximum absolute atomic E-state index is 9.86. The molecule has 0 aliphatic carbocycles. The van der Waals surface area contributed by atoms with Crippen molar-refractivity contribution >= 4 is 15.9 Å². The van der Waals surface area contributed by atoms with Gasteiger partial charge in [0, 0.05) is 0 Å². The molecule has 0 amide bonds. The van der Waals surface area contributed by atoms with Gasteiger partial charge in [-0.15, -0.1) is 0 Å². The SMILES string of the molecule is Cc1cc(CC2CCCNC2)c(C)c(Br)c1O. The Kier molecular flexibility index (Phi) is 4.10. The minimum absolute atomic E-state index is 0.382. The van der Waals surface area contributed by atoms with Crippen LogP contribution in [0, 0.1) is 19.8 Å². The van der Waals surface area contributed by atoms with Crippen LogP contribution >= 0.6 is 15.9 Å². The average Bonchev–Trinajstić information content (AvgIpc) is 2.35. The Bertz CT molecular complexity index is 411. The van der Waals surface area contributed by atoms with Gasteiger partial charge in [0.15, 0.2) is 0 Å². The van der Waals surface area contributed by atoms with Crippen molar-refractivity contribution < 1.29 is 5.11 Å². The fraction of sp³-hybridized carbons (Fsp3) is 0.571. The number of nitrogens with one attached hydrogen (secondary N) is 1. The van der Waals surface area contributed by atoms with Gasteiger partial charge in [0.2, 0.25) is 0 Å². The lowest BCUT2D eigenvalue weighted by Crippen LogP contribution is -2.31. The van der Waals surface area contributed by atoms with E-state index in [4.69, 9.17) is 0 Å². The molecule has 1 aromatic carbocycles. The lowest BCUT2D eigenvalue weighted by atomic mass is 9.89. The predicted molar refractivity (Wildman–Crippen MR) is 74.6 cm³/mol. The summed E-state index contributed by atoms with van der Waals surface area (Å²) in [5, 5.41) is 13.3. The first-order chi connectivity index (χ1) is 8.09. The van der Waals surface area contributed by atoms with E-state index in [1.807, 2.05) is 6.92 Å². The third-order valence-electron chi connectivity index (χ3n) is 3.69. The van der Waals surface area contributed by atoms with Gasteiger partial charge in [-0.05, 0) is 84.7 Å². The van der Waals surface area contributed by atoms with E-state index in [1.165, 1.54) is 24.0 Å². The summed E-state index contributed by atoms with van der Waals surface area (Å²) in [5.41, 5.74) is 3.50. The molecule has 2 rings (SSSR count). The van der Waals surface area contributed by atoms with Crippen molar-refractivity contribution in [3.05, 3.63) is 27.2 Å². The number of aromatic hydroxyl groups is 1. The van der Waals surface area contributed by atoms with Crippen molar-refractivity contribution in [3.63, 3.8) is 0 Å². The van der Waals surface area contributed by atoms with E-state index < -0.39 is 0 Å². The molecule has 1 aliphatic rings. The van der Waals surface area contributed by atoms with Crippen LogP contribution in [0.3, 0.4) is 0 Å². The molecule has 0 spiro atoms. The first-order valence-corrected chi connectivity index (χ1v) is 7.07. The number of aryl methyl sites for hydroxylation is 1. The Morgan fingerprint density at radius 1 is 1.47 bits per heavy atom. The molecule has 1 aliphatic heterocycles. The zero-order valence-corrected chi connectivity index (χ0v) is 12.1. The van der Waals surface area contributed by atoms with Crippen LogP contribution in [-0.4, -0.2) is 18.2 Å². The van der Waals surface area contributed by atoms with E-state index in [-0.39, 0.29) is 0 Å². The van der Waals surface area contributed by atoms with Gasteiger partial charge in [0.05, 0.1) is 4.47 Å². The zero-order chi connectivity index (χ0) is 12.4. The van der Waals surface area contributed by atoms with Crippen LogP contribution in [-0.2, 0) is 6.42 Å². The second kappa shape index (κ2) is 5.40. The number of phenols is 1. The largest absolute Gasteiger partial charge is 0.506 e. The normalized spacial score (nSPS) is 20.5. The van der Waals surface area contributed by atoms with Crippen molar-refractivity contribution in [3.8, 4) is 5.75 Å². The first kappa shape index (κ1) is 12.9. The van der Waals surface area contributed by atoms with Crippen molar-refractivity contribution in [2.24, 2.45) is 5.92 Å². The summed E-state index contributed by atoms with van der Waals surface area (Å²) in [7, 11) is 0. The molecule has 1 saturated heterocycles. The summed E-state index contributed by atoms with van der Waals surface area (Å²) in [6.45, 7) is 6.32. The molecule has 0 radical (unpaired) electrons. The summed E-state index contributed by atoms with van der Waals surface area (Å²) in [4.78, 5) is 0. The Labute approximate surface area is 112 Å². The van der Waals surface area contributed by atoms with Crippen LogP contribution in [0.2, 0.25) is 0 Å². The fourth-order valence-electron chi connectivity index (χ4n) is 2.55. The number of hydrogen-bond donors (Lipinski definition) is 2. The highest BCUT2D eigenvalue weighted by molar-refractivity contribution is 9.10. The number of phenolic OH excluding ortho intramolecular Hbond substituents is 1. The quantitative estimate of drug-likeness (QED) is 0.878. The summed E-state index contributed by atoms with van der Waals surface area (Å²) in [6.07, 6.45) is 3.70. The fourth-order valence-corrected chi connectivity index (χ4v) is 3.12. The molecule has 3 heteroatoms. The van der Waals surface area contributed by atoms with Gasteiger partial charge < -0.3 is 10.4 Å². The summed E-state index contributed by atoms with van der Waals surface area (Å²) in [5.74, 6) is 1.12. The van der Waals surface area contributed by atoms with Gasteiger partial charge in [-0.25, -0.2) is 0 Å². The van der Waals surface area contributed by atoms with Crippen molar-refractivity contribution in [1.29, 1.82) is 0 Å². The molecule has 0 aromatic heterocycles. The summed E-state index contributed by atoms with van der Waals surface area (Å²) >= 11 is 3.48. The smallest absolute Gasteiger partial charge is 0.132 e. The highest BCUT2D eigenvalue weighted by Crippen LogP contribution is 2.34. The van der Waals surface area contributed by atoms with Crippen LogP contribution in [0.5, 0.6) is 5.75 Å². The number of benzene rings is 1. The predicted octanol–water partition coefficient (Wildman–Crippen LogP) is 3.31.